The van der Waals surface area contributed by atoms with E-state index < -0.39 is 18.2 Å². The van der Waals surface area contributed by atoms with Crippen LogP contribution in [0.25, 0.3) is 10.8 Å². The molecule has 0 spiro atoms. The van der Waals surface area contributed by atoms with Crippen LogP contribution in [0, 0.1) is 5.92 Å². The molecular weight excluding hydrogens is 652 g/mol. The highest BCUT2D eigenvalue weighted by molar-refractivity contribution is 5.93. The Bertz CT molecular complexity index is 1890. The molecule has 0 saturated carbocycles. The molecule has 2 heterocycles. The van der Waals surface area contributed by atoms with Crippen LogP contribution in [0.15, 0.2) is 91.0 Å². The van der Waals surface area contributed by atoms with Crippen molar-refractivity contribution in [3.8, 4) is 5.75 Å². The number of hydrogen-bond donors (Lipinski definition) is 2. The van der Waals surface area contributed by atoms with Gasteiger partial charge in [-0.3, -0.25) is 14.4 Å². The standard InChI is InChI=1S/C43H50N4O5/c1-52-40-15-7-6-14-38(40)45-21-23-46(24-22-45)43(51)37(27-31-18-20-33-11-3-5-13-35(33)26-31)44-42(50)39-28-36(48)29-47(39)41(49)16-8-9-30-17-19-32-10-2-4-12-34(32)25-30/h2-7,10-15,18,20,26,30,36-37,39,48H,8-9,16-17,19,21-25,27-29H2,1H3,(H,44,50)/t30?,36-,37?,39?/m1/s1. The third kappa shape index (κ3) is 8.10. The SMILES string of the molecule is COc1ccccc1N1CCN(C(=O)C(Cc2ccc3ccccc3c2)NC(=O)C2C[C@@H](O)CN2C(=O)CCCC2CCc3ccccc3C2)CC1. The van der Waals surface area contributed by atoms with Crippen LogP contribution in [-0.2, 0) is 33.6 Å². The maximum atomic E-state index is 14.3. The summed E-state index contributed by atoms with van der Waals surface area (Å²) in [6.07, 6.45) is 4.97. The summed E-state index contributed by atoms with van der Waals surface area (Å²) in [4.78, 5) is 47.5. The van der Waals surface area contributed by atoms with E-state index in [0.29, 0.717) is 44.9 Å². The summed E-state index contributed by atoms with van der Waals surface area (Å²) in [5.41, 5.74) is 4.78. The molecule has 52 heavy (non-hydrogen) atoms. The number of amides is 3. The van der Waals surface area contributed by atoms with Gasteiger partial charge in [0.2, 0.25) is 17.7 Å². The number of benzene rings is 4. The van der Waals surface area contributed by atoms with E-state index in [2.05, 4.69) is 46.6 Å². The van der Waals surface area contributed by atoms with Crippen molar-refractivity contribution < 1.29 is 24.2 Å². The van der Waals surface area contributed by atoms with Gasteiger partial charge in [-0.25, -0.2) is 0 Å². The van der Waals surface area contributed by atoms with Crippen LogP contribution < -0.4 is 15.0 Å². The first kappa shape index (κ1) is 35.5. The molecule has 2 fully saturated rings. The third-order valence-corrected chi connectivity index (χ3v) is 11.2. The van der Waals surface area contributed by atoms with Crippen LogP contribution in [-0.4, -0.2) is 90.6 Å². The van der Waals surface area contributed by atoms with Crippen molar-refractivity contribution in [2.45, 2.75) is 69.6 Å². The van der Waals surface area contributed by atoms with Gasteiger partial charge in [0.25, 0.3) is 0 Å². The van der Waals surface area contributed by atoms with Gasteiger partial charge >= 0.3 is 0 Å². The minimum Gasteiger partial charge on any atom is -0.495 e. The Kier molecular flexibility index (Phi) is 11.1. The number of carbonyl (C=O) groups excluding carboxylic acids is 3. The number of aryl methyl sites for hydroxylation is 1. The minimum atomic E-state index is -0.824. The minimum absolute atomic E-state index is 0.113. The van der Waals surface area contributed by atoms with E-state index >= 15 is 0 Å². The van der Waals surface area contributed by atoms with E-state index in [1.165, 1.54) is 11.1 Å². The molecular formula is C43H50N4O5. The van der Waals surface area contributed by atoms with Gasteiger partial charge in [-0.2, -0.15) is 0 Å². The van der Waals surface area contributed by atoms with Gasteiger partial charge in [0, 0.05) is 52.0 Å². The van der Waals surface area contributed by atoms with Crippen LogP contribution in [0.5, 0.6) is 5.75 Å². The molecule has 0 aromatic heterocycles. The number of nitrogens with zero attached hydrogens (tertiary/aromatic N) is 3. The zero-order valence-electron chi connectivity index (χ0n) is 30.1. The van der Waals surface area contributed by atoms with Gasteiger partial charge in [-0.1, -0.05) is 78.9 Å². The number of rotatable bonds is 11. The predicted molar refractivity (Wildman–Crippen MR) is 203 cm³/mol. The fourth-order valence-corrected chi connectivity index (χ4v) is 8.39. The maximum Gasteiger partial charge on any atom is 0.245 e. The Balaban J connectivity index is 1.02. The van der Waals surface area contributed by atoms with E-state index in [0.717, 1.165) is 59.9 Å². The highest BCUT2D eigenvalue weighted by Gasteiger charge is 2.40. The van der Waals surface area contributed by atoms with E-state index in [9.17, 15) is 19.5 Å². The topological polar surface area (TPSA) is 102 Å². The number of ether oxygens (including phenoxy) is 1. The van der Waals surface area contributed by atoms with Crippen LogP contribution >= 0.6 is 0 Å². The van der Waals surface area contributed by atoms with Crippen molar-refractivity contribution in [3.05, 3.63) is 108 Å². The number of fused-ring (bicyclic) bond motifs is 2. The molecule has 9 nitrogen and oxygen atoms in total. The Labute approximate surface area is 306 Å². The van der Waals surface area contributed by atoms with E-state index in [1.54, 1.807) is 12.0 Å². The number of aliphatic hydroxyl groups excluding tert-OH is 1. The summed E-state index contributed by atoms with van der Waals surface area (Å²) in [5, 5.41) is 15.9. The van der Waals surface area contributed by atoms with Crippen molar-refractivity contribution >= 4 is 34.2 Å². The Hall–Kier alpha value is -4.89. The van der Waals surface area contributed by atoms with Gasteiger partial charge in [-0.05, 0) is 77.6 Å². The molecule has 3 amide bonds. The molecule has 0 radical (unpaired) electrons. The number of para-hydroxylation sites is 2. The second-order valence-corrected chi connectivity index (χ2v) is 14.7. The number of anilines is 1. The van der Waals surface area contributed by atoms with E-state index in [1.807, 2.05) is 59.5 Å². The summed E-state index contributed by atoms with van der Waals surface area (Å²) < 4.78 is 5.58. The largest absolute Gasteiger partial charge is 0.495 e. The second-order valence-electron chi connectivity index (χ2n) is 14.7. The molecule has 2 N–H and O–H groups in total. The van der Waals surface area contributed by atoms with Crippen molar-refractivity contribution in [1.29, 1.82) is 0 Å². The van der Waals surface area contributed by atoms with Crippen molar-refractivity contribution in [1.82, 2.24) is 15.1 Å². The number of carbonyl (C=O) groups is 3. The first-order valence-electron chi connectivity index (χ1n) is 18.9. The quantitative estimate of drug-likeness (QED) is 0.224. The van der Waals surface area contributed by atoms with Crippen LogP contribution in [0.3, 0.4) is 0 Å². The van der Waals surface area contributed by atoms with Crippen LogP contribution in [0.2, 0.25) is 0 Å². The lowest BCUT2D eigenvalue weighted by atomic mass is 9.81. The second kappa shape index (κ2) is 16.2. The fraction of sp³-hybridized carbons (Fsp3) is 0.419. The smallest absolute Gasteiger partial charge is 0.245 e. The summed E-state index contributed by atoms with van der Waals surface area (Å²) in [5.74, 6) is 0.691. The van der Waals surface area contributed by atoms with E-state index in [-0.39, 0.29) is 30.7 Å². The average Bonchev–Trinajstić information content (AvgIpc) is 3.59. The summed E-state index contributed by atoms with van der Waals surface area (Å²) in [6, 6.07) is 29.1. The molecule has 4 aromatic rings. The van der Waals surface area contributed by atoms with Gasteiger partial charge in [0.05, 0.1) is 18.9 Å². The van der Waals surface area contributed by atoms with Gasteiger partial charge < -0.3 is 29.9 Å². The summed E-state index contributed by atoms with van der Waals surface area (Å²) in [6.45, 7) is 2.39. The van der Waals surface area contributed by atoms with Gasteiger partial charge in [0.1, 0.15) is 17.8 Å². The molecule has 0 bridgehead atoms. The molecule has 3 aliphatic rings. The Morgan fingerprint density at radius 1 is 0.885 bits per heavy atom. The van der Waals surface area contributed by atoms with Crippen molar-refractivity contribution in [2.75, 3.05) is 44.7 Å². The van der Waals surface area contributed by atoms with Crippen LogP contribution in [0.4, 0.5) is 5.69 Å². The normalized spacial score (nSPS) is 20.7. The van der Waals surface area contributed by atoms with Gasteiger partial charge in [0.15, 0.2) is 0 Å². The number of methoxy groups -OCH3 is 1. The van der Waals surface area contributed by atoms with Gasteiger partial charge in [-0.15, -0.1) is 0 Å². The summed E-state index contributed by atoms with van der Waals surface area (Å²) in [7, 11) is 1.66. The molecule has 1 aliphatic carbocycles. The lowest BCUT2D eigenvalue weighted by Gasteiger charge is -2.38. The van der Waals surface area contributed by atoms with E-state index in [4.69, 9.17) is 4.74 Å². The number of hydrogen-bond acceptors (Lipinski definition) is 6. The molecule has 2 saturated heterocycles. The number of likely N-dealkylation sites (tertiary alicyclic amines) is 1. The van der Waals surface area contributed by atoms with Crippen molar-refractivity contribution in [2.24, 2.45) is 5.92 Å². The number of aliphatic hydroxyl groups is 1. The predicted octanol–water partition coefficient (Wildman–Crippen LogP) is 5.16. The number of β-amino-alcohol motifs (C(OH)–C–C–N with tert-alkyl or cyclic N) is 1. The highest BCUT2D eigenvalue weighted by atomic mass is 16.5. The highest BCUT2D eigenvalue weighted by Crippen LogP contribution is 2.30. The lowest BCUT2D eigenvalue weighted by Crippen LogP contribution is -2.57. The number of piperazine rings is 1. The third-order valence-electron chi connectivity index (χ3n) is 11.2. The molecule has 3 unspecified atom stereocenters. The van der Waals surface area contributed by atoms with Crippen molar-refractivity contribution in [3.63, 3.8) is 0 Å². The molecule has 9 heteroatoms. The first-order valence-corrected chi connectivity index (χ1v) is 18.9. The fourth-order valence-electron chi connectivity index (χ4n) is 8.39. The lowest BCUT2D eigenvalue weighted by molar-refractivity contribution is -0.141. The average molecular weight is 703 g/mol. The molecule has 272 valence electrons. The zero-order valence-corrected chi connectivity index (χ0v) is 30.1. The number of nitrogens with one attached hydrogen (secondary N) is 1. The first-order chi connectivity index (χ1) is 25.4. The molecule has 7 rings (SSSR count). The monoisotopic (exact) mass is 702 g/mol. The van der Waals surface area contributed by atoms with Crippen LogP contribution in [0.1, 0.15) is 48.8 Å². The molecule has 4 aromatic carbocycles. The Morgan fingerprint density at radius 3 is 2.42 bits per heavy atom. The molecule has 2 aliphatic heterocycles. The molecule has 4 atom stereocenters. The Morgan fingerprint density at radius 2 is 1.62 bits per heavy atom. The summed E-state index contributed by atoms with van der Waals surface area (Å²) >= 11 is 0. The maximum absolute atomic E-state index is 14.3. The zero-order chi connectivity index (χ0) is 36.0.